The van der Waals surface area contributed by atoms with E-state index in [0.29, 0.717) is 12.1 Å². The topological polar surface area (TPSA) is 44.1 Å². The molecule has 0 aliphatic rings. The van der Waals surface area contributed by atoms with Crippen molar-refractivity contribution in [1.29, 1.82) is 0 Å². The molecule has 0 aliphatic carbocycles. The number of hydrogen-bond acceptors (Lipinski definition) is 3. The fourth-order valence-corrected chi connectivity index (χ4v) is 2.82. The summed E-state index contributed by atoms with van der Waals surface area (Å²) < 4.78 is 44.3. The zero-order chi connectivity index (χ0) is 18.2. The van der Waals surface area contributed by atoms with E-state index in [1.165, 1.54) is 6.92 Å². The molecule has 0 aliphatic heterocycles. The Morgan fingerprint density at radius 1 is 1.25 bits per heavy atom. The second-order valence-corrected chi connectivity index (χ2v) is 5.86. The number of ether oxygens (including phenoxy) is 1. The van der Waals surface area contributed by atoms with E-state index in [2.05, 4.69) is 5.10 Å². The van der Waals surface area contributed by atoms with Crippen molar-refractivity contribution in [1.82, 2.24) is 9.78 Å². The first-order chi connectivity index (χ1) is 11.1. The molecule has 1 aromatic heterocycles. The van der Waals surface area contributed by atoms with Crippen molar-refractivity contribution in [2.24, 2.45) is 0 Å². The maximum atomic E-state index is 12.8. The molecule has 4 nitrogen and oxygen atoms in total. The number of alkyl halides is 3. The largest absolute Gasteiger partial charge is 0.461 e. The minimum atomic E-state index is -4.62. The van der Waals surface area contributed by atoms with Gasteiger partial charge in [0.1, 0.15) is 5.69 Å². The second kappa shape index (κ2) is 6.82. The minimum absolute atomic E-state index is 0.000446. The lowest BCUT2D eigenvalue weighted by Crippen LogP contribution is -2.14. The van der Waals surface area contributed by atoms with E-state index in [1.807, 2.05) is 0 Å². The van der Waals surface area contributed by atoms with Gasteiger partial charge >= 0.3 is 12.1 Å². The molecule has 0 bridgehead atoms. The van der Waals surface area contributed by atoms with Crippen molar-refractivity contribution in [3.05, 3.63) is 44.2 Å². The Morgan fingerprint density at radius 3 is 2.25 bits per heavy atom. The molecule has 1 aromatic carbocycles. The van der Waals surface area contributed by atoms with Crippen LogP contribution in [0.1, 0.15) is 28.7 Å². The molecule has 0 unspecified atom stereocenters. The van der Waals surface area contributed by atoms with Gasteiger partial charge < -0.3 is 4.74 Å². The molecular formula is C14H10Cl3F3N2O2. The van der Waals surface area contributed by atoms with Crippen LogP contribution in [0.4, 0.5) is 13.2 Å². The van der Waals surface area contributed by atoms with Crippen LogP contribution in [-0.4, -0.2) is 22.4 Å². The lowest BCUT2D eigenvalue weighted by molar-refractivity contribution is -0.137. The maximum absolute atomic E-state index is 12.8. The fourth-order valence-electron chi connectivity index (χ4n) is 1.98. The summed E-state index contributed by atoms with van der Waals surface area (Å²) in [6, 6.07) is 1.39. The smallest absolute Gasteiger partial charge is 0.416 e. The molecule has 0 saturated carbocycles. The van der Waals surface area contributed by atoms with Gasteiger partial charge in [-0.25, -0.2) is 9.48 Å². The predicted molar refractivity (Wildman–Crippen MR) is 84.3 cm³/mol. The number of hydrogen-bond donors (Lipinski definition) is 0. The van der Waals surface area contributed by atoms with Crippen LogP contribution in [0.3, 0.4) is 0 Å². The highest BCUT2D eigenvalue weighted by atomic mass is 35.5. The Morgan fingerprint density at radius 2 is 1.79 bits per heavy atom. The Labute approximate surface area is 150 Å². The van der Waals surface area contributed by atoms with Crippen molar-refractivity contribution in [3.63, 3.8) is 0 Å². The molecule has 0 amide bonds. The fraction of sp³-hybridized carbons (Fsp3) is 0.286. The van der Waals surface area contributed by atoms with E-state index in [1.54, 1.807) is 6.92 Å². The third-order valence-corrected chi connectivity index (χ3v) is 4.04. The SMILES string of the molecule is CCOC(=O)c1c(Cl)c(C)nn1-c1c(Cl)cc(C(F)(F)F)cc1Cl. The maximum Gasteiger partial charge on any atom is 0.416 e. The number of benzene rings is 1. The van der Waals surface area contributed by atoms with Gasteiger partial charge in [0, 0.05) is 0 Å². The van der Waals surface area contributed by atoms with Crippen molar-refractivity contribution in [2.75, 3.05) is 6.61 Å². The molecule has 0 spiro atoms. The molecular weight excluding hydrogens is 392 g/mol. The third kappa shape index (κ3) is 3.48. The van der Waals surface area contributed by atoms with Crippen molar-refractivity contribution in [2.45, 2.75) is 20.0 Å². The van der Waals surface area contributed by atoms with Crippen LogP contribution in [0.5, 0.6) is 0 Å². The van der Waals surface area contributed by atoms with Gasteiger partial charge in [0.25, 0.3) is 0 Å². The van der Waals surface area contributed by atoms with E-state index in [9.17, 15) is 18.0 Å². The molecule has 0 radical (unpaired) electrons. The van der Waals surface area contributed by atoms with Gasteiger partial charge in [0.15, 0.2) is 5.69 Å². The molecule has 0 atom stereocenters. The normalized spacial score (nSPS) is 11.7. The average Bonchev–Trinajstić information content (AvgIpc) is 2.73. The number of halogens is 6. The lowest BCUT2D eigenvalue weighted by atomic mass is 10.2. The van der Waals surface area contributed by atoms with Crippen LogP contribution in [0.25, 0.3) is 5.69 Å². The van der Waals surface area contributed by atoms with E-state index in [0.717, 1.165) is 4.68 Å². The first-order valence-corrected chi connectivity index (χ1v) is 7.70. The average molecular weight is 402 g/mol. The summed E-state index contributed by atoms with van der Waals surface area (Å²) in [5, 5.41) is 3.36. The van der Waals surface area contributed by atoms with E-state index >= 15 is 0 Å². The van der Waals surface area contributed by atoms with Crippen molar-refractivity contribution >= 4 is 40.8 Å². The summed E-state index contributed by atoms with van der Waals surface area (Å²) in [7, 11) is 0. The molecule has 0 N–H and O–H groups in total. The van der Waals surface area contributed by atoms with Gasteiger partial charge in [0.2, 0.25) is 0 Å². The number of aromatic nitrogens is 2. The Kier molecular flexibility index (Phi) is 5.37. The standard InChI is InChI=1S/C14H10Cl3F3N2O2/c1-3-24-13(23)12-10(17)6(2)21-22(12)11-8(15)4-7(5-9(11)16)14(18,19)20/h4-5H,3H2,1-2H3. The van der Waals surface area contributed by atoms with E-state index in [4.69, 9.17) is 39.5 Å². The summed E-state index contributed by atoms with van der Waals surface area (Å²) in [5.41, 5.74) is -1.01. The van der Waals surface area contributed by atoms with Gasteiger partial charge in [-0.2, -0.15) is 18.3 Å². The number of carbonyl (C=O) groups excluding carboxylic acids is 1. The third-order valence-electron chi connectivity index (χ3n) is 3.01. The van der Waals surface area contributed by atoms with Crippen LogP contribution in [0, 0.1) is 6.92 Å². The van der Waals surface area contributed by atoms with Gasteiger partial charge in [-0.1, -0.05) is 34.8 Å². The molecule has 10 heteroatoms. The Hall–Kier alpha value is -1.44. The predicted octanol–water partition coefficient (Wildman–Crippen LogP) is 5.34. The van der Waals surface area contributed by atoms with Gasteiger partial charge in [-0.3, -0.25) is 0 Å². The van der Waals surface area contributed by atoms with Crippen molar-refractivity contribution in [3.8, 4) is 5.69 Å². The van der Waals surface area contributed by atoms with Crippen LogP contribution in [-0.2, 0) is 10.9 Å². The minimum Gasteiger partial charge on any atom is -0.461 e. The first kappa shape index (κ1) is 18.9. The molecule has 2 rings (SSSR count). The summed E-state index contributed by atoms with van der Waals surface area (Å²) in [4.78, 5) is 12.1. The zero-order valence-corrected chi connectivity index (χ0v) is 14.6. The molecule has 0 saturated heterocycles. The van der Waals surface area contributed by atoms with Gasteiger partial charge in [0.05, 0.1) is 32.9 Å². The van der Waals surface area contributed by atoms with Crippen LogP contribution < -0.4 is 0 Å². The molecule has 1 heterocycles. The monoisotopic (exact) mass is 400 g/mol. The van der Waals surface area contributed by atoms with Gasteiger partial charge in [-0.05, 0) is 26.0 Å². The summed E-state index contributed by atoms with van der Waals surface area (Å²) in [5.74, 6) is -0.796. The molecule has 130 valence electrons. The number of esters is 1. The highest BCUT2D eigenvalue weighted by molar-refractivity contribution is 6.38. The number of rotatable bonds is 3. The number of aryl methyl sites for hydroxylation is 1. The van der Waals surface area contributed by atoms with E-state index in [-0.39, 0.29) is 38.8 Å². The highest BCUT2D eigenvalue weighted by Gasteiger charge is 2.33. The summed E-state index contributed by atoms with van der Waals surface area (Å²) in [6.45, 7) is 3.19. The van der Waals surface area contributed by atoms with Crippen LogP contribution in [0.15, 0.2) is 12.1 Å². The second-order valence-electron chi connectivity index (χ2n) is 4.67. The Balaban J connectivity index is 2.70. The quantitative estimate of drug-likeness (QED) is 0.652. The summed E-state index contributed by atoms with van der Waals surface area (Å²) in [6.07, 6.45) is -4.62. The first-order valence-electron chi connectivity index (χ1n) is 6.56. The van der Waals surface area contributed by atoms with Crippen molar-refractivity contribution < 1.29 is 22.7 Å². The van der Waals surface area contributed by atoms with Gasteiger partial charge in [-0.15, -0.1) is 0 Å². The Bertz CT molecular complexity index is 780. The number of carbonyl (C=O) groups is 1. The molecule has 0 fully saturated rings. The van der Waals surface area contributed by atoms with Crippen LogP contribution in [0.2, 0.25) is 15.1 Å². The van der Waals surface area contributed by atoms with E-state index < -0.39 is 17.7 Å². The molecule has 2 aromatic rings. The lowest BCUT2D eigenvalue weighted by Gasteiger charge is -2.14. The van der Waals surface area contributed by atoms with Crippen LogP contribution >= 0.6 is 34.8 Å². The zero-order valence-electron chi connectivity index (χ0n) is 12.3. The highest BCUT2D eigenvalue weighted by Crippen LogP contribution is 2.38. The molecule has 24 heavy (non-hydrogen) atoms. The number of nitrogens with zero attached hydrogens (tertiary/aromatic N) is 2. The summed E-state index contributed by atoms with van der Waals surface area (Å²) >= 11 is 18.0.